The molecule has 0 bridgehead atoms. The van der Waals surface area contributed by atoms with Crippen molar-refractivity contribution in [3.05, 3.63) is 67.0 Å². The molecule has 0 radical (unpaired) electrons. The molecule has 0 saturated heterocycles. The van der Waals surface area contributed by atoms with Crippen LogP contribution in [0.1, 0.15) is 0 Å². The molecular weight excluding hydrogens is 286 g/mol. The molecule has 0 aliphatic heterocycles. The maximum Gasteiger partial charge on any atom is 0.119 e. The summed E-state index contributed by atoms with van der Waals surface area (Å²) in [5, 5.41) is 15.1. The van der Waals surface area contributed by atoms with Gasteiger partial charge in [0.25, 0.3) is 0 Å². The van der Waals surface area contributed by atoms with Crippen LogP contribution in [0.25, 0.3) is 33.3 Å². The van der Waals surface area contributed by atoms with Crippen LogP contribution in [0.5, 0.6) is 5.75 Å². The highest BCUT2D eigenvalue weighted by molar-refractivity contribution is 5.95. The van der Waals surface area contributed by atoms with Crippen molar-refractivity contribution in [2.24, 2.45) is 7.05 Å². The van der Waals surface area contributed by atoms with Crippen molar-refractivity contribution in [3.63, 3.8) is 0 Å². The summed E-state index contributed by atoms with van der Waals surface area (Å²) in [6.45, 7) is 0. The van der Waals surface area contributed by atoms with Crippen LogP contribution in [0.2, 0.25) is 0 Å². The van der Waals surface area contributed by atoms with Gasteiger partial charge in [0, 0.05) is 30.3 Å². The zero-order valence-electron chi connectivity index (χ0n) is 12.6. The Morgan fingerprint density at radius 2 is 1.78 bits per heavy atom. The average Bonchev–Trinajstić information content (AvgIpc) is 2.96. The summed E-state index contributed by atoms with van der Waals surface area (Å²) in [4.78, 5) is 4.33. The number of aromatic hydroxyl groups is 1. The minimum atomic E-state index is 0.217. The van der Waals surface area contributed by atoms with E-state index in [9.17, 15) is 5.11 Å². The first kappa shape index (κ1) is 13.5. The monoisotopic (exact) mass is 301 g/mol. The number of aryl methyl sites for hydroxylation is 1. The van der Waals surface area contributed by atoms with E-state index in [1.807, 2.05) is 36.1 Å². The molecule has 0 unspecified atom stereocenters. The van der Waals surface area contributed by atoms with E-state index in [2.05, 4.69) is 34.3 Å². The molecular formula is C19H15N3O. The van der Waals surface area contributed by atoms with Gasteiger partial charge in [0.2, 0.25) is 0 Å². The van der Waals surface area contributed by atoms with Crippen molar-refractivity contribution in [1.82, 2.24) is 14.8 Å². The topological polar surface area (TPSA) is 50.9 Å². The largest absolute Gasteiger partial charge is 0.508 e. The molecule has 2 aromatic carbocycles. The molecule has 23 heavy (non-hydrogen) atoms. The molecule has 4 rings (SSSR count). The molecule has 4 nitrogen and oxygen atoms in total. The number of hydrogen-bond acceptors (Lipinski definition) is 3. The fourth-order valence-corrected chi connectivity index (χ4v) is 2.85. The van der Waals surface area contributed by atoms with Crippen LogP contribution in [0.3, 0.4) is 0 Å². The zero-order valence-corrected chi connectivity index (χ0v) is 12.6. The van der Waals surface area contributed by atoms with Crippen LogP contribution in [-0.2, 0) is 7.05 Å². The molecule has 0 aliphatic carbocycles. The first-order valence-electron chi connectivity index (χ1n) is 7.39. The number of hydrogen-bond donors (Lipinski definition) is 1. The Kier molecular flexibility index (Phi) is 3.08. The fraction of sp³-hybridized carbons (Fsp3) is 0.0526. The van der Waals surface area contributed by atoms with Crippen LogP contribution < -0.4 is 0 Å². The van der Waals surface area contributed by atoms with Crippen LogP contribution >= 0.6 is 0 Å². The molecule has 4 aromatic rings. The van der Waals surface area contributed by atoms with Gasteiger partial charge < -0.3 is 5.11 Å². The van der Waals surface area contributed by atoms with E-state index in [1.165, 1.54) is 0 Å². The molecule has 0 spiro atoms. The lowest BCUT2D eigenvalue weighted by Crippen LogP contribution is -1.88. The van der Waals surface area contributed by atoms with Gasteiger partial charge in [-0.3, -0.25) is 9.67 Å². The molecule has 0 atom stereocenters. The second kappa shape index (κ2) is 5.25. The predicted octanol–water partition coefficient (Wildman–Crippen LogP) is 4.01. The molecule has 112 valence electrons. The van der Waals surface area contributed by atoms with Crippen molar-refractivity contribution in [2.45, 2.75) is 0 Å². The van der Waals surface area contributed by atoms with E-state index in [4.69, 9.17) is 0 Å². The molecule has 2 heterocycles. The summed E-state index contributed by atoms with van der Waals surface area (Å²) in [5.41, 5.74) is 5.07. The van der Waals surface area contributed by atoms with Crippen molar-refractivity contribution in [1.29, 1.82) is 0 Å². The van der Waals surface area contributed by atoms with Gasteiger partial charge in [-0.1, -0.05) is 30.3 Å². The van der Waals surface area contributed by atoms with Crippen molar-refractivity contribution in [3.8, 4) is 28.1 Å². The second-order valence-electron chi connectivity index (χ2n) is 5.49. The quantitative estimate of drug-likeness (QED) is 0.608. The lowest BCUT2D eigenvalue weighted by atomic mass is 9.99. The molecule has 1 N–H and O–H groups in total. The van der Waals surface area contributed by atoms with Crippen LogP contribution in [0.15, 0.2) is 67.0 Å². The van der Waals surface area contributed by atoms with E-state index in [-0.39, 0.29) is 5.75 Å². The van der Waals surface area contributed by atoms with Crippen LogP contribution in [0.4, 0.5) is 0 Å². The third-order valence-electron chi connectivity index (χ3n) is 4.00. The van der Waals surface area contributed by atoms with Gasteiger partial charge in [0.1, 0.15) is 5.75 Å². The van der Waals surface area contributed by atoms with Gasteiger partial charge in [0.15, 0.2) is 0 Å². The minimum absolute atomic E-state index is 0.217. The maximum absolute atomic E-state index is 9.65. The van der Waals surface area contributed by atoms with Gasteiger partial charge >= 0.3 is 0 Å². The zero-order chi connectivity index (χ0) is 15.8. The van der Waals surface area contributed by atoms with Crippen LogP contribution in [-0.4, -0.2) is 19.9 Å². The van der Waals surface area contributed by atoms with Crippen molar-refractivity contribution < 1.29 is 5.11 Å². The van der Waals surface area contributed by atoms with Gasteiger partial charge in [-0.15, -0.1) is 0 Å². The predicted molar refractivity (Wildman–Crippen MR) is 91.0 cm³/mol. The third-order valence-corrected chi connectivity index (χ3v) is 4.00. The highest BCUT2D eigenvalue weighted by Crippen LogP contribution is 2.31. The lowest BCUT2D eigenvalue weighted by Gasteiger charge is -2.07. The Morgan fingerprint density at radius 3 is 2.65 bits per heavy atom. The summed E-state index contributed by atoms with van der Waals surface area (Å²) < 4.78 is 1.87. The Labute approximate surface area is 133 Å². The van der Waals surface area contributed by atoms with Crippen LogP contribution in [0, 0.1) is 0 Å². The number of benzene rings is 2. The average molecular weight is 301 g/mol. The molecule has 0 saturated carbocycles. The summed E-state index contributed by atoms with van der Waals surface area (Å²) in [6.07, 6.45) is 3.50. The summed E-state index contributed by atoms with van der Waals surface area (Å²) in [6, 6.07) is 17.6. The highest BCUT2D eigenvalue weighted by Gasteiger charge is 2.08. The normalized spacial score (nSPS) is 11.0. The molecule has 4 heteroatoms. The van der Waals surface area contributed by atoms with Gasteiger partial charge in [-0.2, -0.15) is 5.10 Å². The minimum Gasteiger partial charge on any atom is -0.508 e. The SMILES string of the molecule is Cn1ncc2c(-c3cccc(-c4cc(O)ccn4)c3)cccc21. The first-order chi connectivity index (χ1) is 11.2. The Hall–Kier alpha value is -3.14. The fourth-order valence-electron chi connectivity index (χ4n) is 2.85. The van der Waals surface area contributed by atoms with Gasteiger partial charge in [0.05, 0.1) is 17.4 Å². The van der Waals surface area contributed by atoms with Gasteiger partial charge in [-0.25, -0.2) is 0 Å². The number of nitrogens with zero attached hydrogens (tertiary/aromatic N) is 3. The highest BCUT2D eigenvalue weighted by atomic mass is 16.3. The third kappa shape index (κ3) is 2.34. The summed E-state index contributed by atoms with van der Waals surface area (Å²) >= 11 is 0. The second-order valence-corrected chi connectivity index (χ2v) is 5.49. The van der Waals surface area contributed by atoms with Gasteiger partial charge in [-0.05, 0) is 29.3 Å². The Balaban J connectivity index is 1.88. The Bertz CT molecular complexity index is 1000. The van der Waals surface area contributed by atoms with Crippen molar-refractivity contribution >= 4 is 10.9 Å². The maximum atomic E-state index is 9.65. The Morgan fingerprint density at radius 1 is 0.957 bits per heavy atom. The number of fused-ring (bicyclic) bond motifs is 1. The summed E-state index contributed by atoms with van der Waals surface area (Å²) in [7, 11) is 1.94. The van der Waals surface area contributed by atoms with E-state index in [0.717, 1.165) is 33.3 Å². The standard InChI is InChI=1S/C19H15N3O/c1-22-19-7-3-6-16(17(19)12-21-22)13-4-2-5-14(10-13)18-11-15(23)8-9-20-18/h2-12H,1H3,(H,20,23). The van der Waals surface area contributed by atoms with E-state index in [1.54, 1.807) is 18.3 Å². The smallest absolute Gasteiger partial charge is 0.119 e. The van der Waals surface area contributed by atoms with E-state index in [0.29, 0.717) is 0 Å². The molecule has 2 aromatic heterocycles. The number of aromatic nitrogens is 3. The lowest BCUT2D eigenvalue weighted by molar-refractivity contribution is 0.475. The molecule has 0 fully saturated rings. The molecule has 0 amide bonds. The van der Waals surface area contributed by atoms with E-state index < -0.39 is 0 Å². The molecule has 0 aliphatic rings. The number of rotatable bonds is 2. The number of pyridine rings is 1. The van der Waals surface area contributed by atoms with E-state index >= 15 is 0 Å². The van der Waals surface area contributed by atoms with Crippen molar-refractivity contribution in [2.75, 3.05) is 0 Å². The summed E-state index contributed by atoms with van der Waals surface area (Å²) in [5.74, 6) is 0.217. The first-order valence-corrected chi connectivity index (χ1v) is 7.39.